The molecule has 1 aliphatic rings. The number of hydrogen-bond acceptors (Lipinski definition) is 8. The van der Waals surface area contributed by atoms with E-state index in [4.69, 9.17) is 15.2 Å². The van der Waals surface area contributed by atoms with E-state index in [9.17, 15) is 14.9 Å². The van der Waals surface area contributed by atoms with Gasteiger partial charge in [-0.05, 0) is 32.9 Å². The van der Waals surface area contributed by atoms with Crippen LogP contribution in [0.4, 0.5) is 5.00 Å². The van der Waals surface area contributed by atoms with Gasteiger partial charge in [-0.15, -0.1) is 11.3 Å². The third-order valence-electron chi connectivity index (χ3n) is 4.11. The van der Waals surface area contributed by atoms with Crippen LogP contribution in [-0.4, -0.2) is 43.6 Å². The van der Waals surface area contributed by atoms with Crippen LogP contribution in [0.2, 0.25) is 0 Å². The fraction of sp³-hybridized carbons (Fsp3) is 0.562. The van der Waals surface area contributed by atoms with Crippen LogP contribution in [0, 0.1) is 17.2 Å². The van der Waals surface area contributed by atoms with Gasteiger partial charge in [0.1, 0.15) is 15.9 Å². The van der Waals surface area contributed by atoms with E-state index in [1.807, 2.05) is 0 Å². The molecule has 0 spiro atoms. The summed E-state index contributed by atoms with van der Waals surface area (Å²) in [7, 11) is 1.40. The number of ether oxygens (including phenoxy) is 2. The molecule has 0 bridgehead atoms. The number of piperidine rings is 1. The largest absolute Gasteiger partial charge is 0.469 e. The molecule has 1 saturated heterocycles. The zero-order valence-electron chi connectivity index (χ0n) is 13.8. The first-order chi connectivity index (χ1) is 11.5. The van der Waals surface area contributed by atoms with Crippen LogP contribution < -0.4 is 5.73 Å². The summed E-state index contributed by atoms with van der Waals surface area (Å²) in [4.78, 5) is 26.2. The minimum atomic E-state index is -0.449. The minimum Gasteiger partial charge on any atom is -0.469 e. The van der Waals surface area contributed by atoms with Crippen molar-refractivity contribution >= 4 is 28.3 Å². The number of hydrogen-bond donors (Lipinski definition) is 1. The third-order valence-corrected chi connectivity index (χ3v) is 5.15. The molecule has 24 heavy (non-hydrogen) atoms. The standard InChI is InChI=1S/C16H21N3O4S/c1-3-23-16(21)13-12(11(8-17)14(18)24-13)9-19-6-4-10(5-7-19)15(20)22-2/h10H,3-7,9,18H2,1-2H3. The van der Waals surface area contributed by atoms with Crippen molar-refractivity contribution in [1.29, 1.82) is 5.26 Å². The number of anilines is 1. The Morgan fingerprint density at radius 2 is 2.08 bits per heavy atom. The lowest BCUT2D eigenvalue weighted by molar-refractivity contribution is -0.147. The highest BCUT2D eigenvalue weighted by atomic mass is 32.1. The molecule has 2 heterocycles. The van der Waals surface area contributed by atoms with Crippen LogP contribution >= 0.6 is 11.3 Å². The Kier molecular flexibility index (Phi) is 6.17. The van der Waals surface area contributed by atoms with Gasteiger partial charge in [0.05, 0.1) is 25.2 Å². The molecule has 0 radical (unpaired) electrons. The maximum atomic E-state index is 12.1. The number of likely N-dealkylation sites (tertiary alicyclic amines) is 1. The van der Waals surface area contributed by atoms with Gasteiger partial charge in [0.2, 0.25) is 0 Å². The van der Waals surface area contributed by atoms with E-state index in [1.165, 1.54) is 7.11 Å². The number of rotatable bonds is 5. The van der Waals surface area contributed by atoms with Crippen molar-refractivity contribution in [3.8, 4) is 6.07 Å². The van der Waals surface area contributed by atoms with Crippen molar-refractivity contribution in [3.05, 3.63) is 16.0 Å². The quantitative estimate of drug-likeness (QED) is 0.806. The Labute approximate surface area is 144 Å². The normalized spacial score (nSPS) is 15.7. The van der Waals surface area contributed by atoms with Gasteiger partial charge >= 0.3 is 11.9 Å². The summed E-state index contributed by atoms with van der Waals surface area (Å²) in [5, 5.41) is 9.68. The van der Waals surface area contributed by atoms with Crippen molar-refractivity contribution in [2.45, 2.75) is 26.3 Å². The Balaban J connectivity index is 2.14. The van der Waals surface area contributed by atoms with Crippen molar-refractivity contribution in [3.63, 3.8) is 0 Å². The molecule has 2 rings (SSSR count). The predicted octanol–water partition coefficient (Wildman–Crippen LogP) is 1.76. The van der Waals surface area contributed by atoms with Crippen molar-refractivity contribution in [2.24, 2.45) is 5.92 Å². The highest BCUT2D eigenvalue weighted by molar-refractivity contribution is 7.18. The maximum absolute atomic E-state index is 12.1. The van der Waals surface area contributed by atoms with Crippen LogP contribution in [0.25, 0.3) is 0 Å². The monoisotopic (exact) mass is 351 g/mol. The Hall–Kier alpha value is -2.11. The summed E-state index contributed by atoms with van der Waals surface area (Å²) in [6.07, 6.45) is 1.39. The Morgan fingerprint density at radius 3 is 2.62 bits per heavy atom. The second kappa shape index (κ2) is 8.13. The van der Waals surface area contributed by atoms with E-state index in [2.05, 4.69) is 11.0 Å². The fourth-order valence-corrected chi connectivity index (χ4v) is 3.76. The highest BCUT2D eigenvalue weighted by Crippen LogP contribution is 2.33. The lowest BCUT2D eigenvalue weighted by atomic mass is 9.96. The molecule has 0 unspecified atom stereocenters. The number of carbonyl (C=O) groups excluding carboxylic acids is 2. The zero-order valence-corrected chi connectivity index (χ0v) is 14.6. The van der Waals surface area contributed by atoms with E-state index in [0.29, 0.717) is 53.5 Å². The predicted molar refractivity (Wildman–Crippen MR) is 89.4 cm³/mol. The van der Waals surface area contributed by atoms with Gasteiger partial charge in [-0.1, -0.05) is 0 Å². The average molecular weight is 351 g/mol. The minimum absolute atomic E-state index is 0.0845. The maximum Gasteiger partial charge on any atom is 0.348 e. The molecular weight excluding hydrogens is 330 g/mol. The summed E-state index contributed by atoms with van der Waals surface area (Å²) in [5.74, 6) is -0.715. The van der Waals surface area contributed by atoms with Gasteiger partial charge in [0.25, 0.3) is 0 Å². The summed E-state index contributed by atoms with van der Waals surface area (Å²) in [6, 6.07) is 2.08. The lowest BCUT2D eigenvalue weighted by Gasteiger charge is -2.30. The first-order valence-corrected chi connectivity index (χ1v) is 8.61. The average Bonchev–Trinajstić information content (AvgIpc) is 2.90. The number of methoxy groups -OCH3 is 1. The number of nitrogens with zero attached hydrogens (tertiary/aromatic N) is 2. The summed E-state index contributed by atoms with van der Waals surface area (Å²) in [6.45, 7) is 3.84. The molecule has 130 valence electrons. The molecule has 0 aromatic carbocycles. The number of nitrogen functional groups attached to an aromatic ring is 1. The van der Waals surface area contributed by atoms with Gasteiger partial charge in [0.15, 0.2) is 0 Å². The molecule has 0 amide bonds. The van der Waals surface area contributed by atoms with Crippen molar-refractivity contribution in [2.75, 3.05) is 32.5 Å². The number of nitriles is 1. The fourth-order valence-electron chi connectivity index (χ4n) is 2.84. The third kappa shape index (κ3) is 3.86. The molecule has 1 aromatic rings. The summed E-state index contributed by atoms with van der Waals surface area (Å²) >= 11 is 1.09. The van der Waals surface area contributed by atoms with Gasteiger partial charge < -0.3 is 15.2 Å². The van der Waals surface area contributed by atoms with Crippen LogP contribution in [-0.2, 0) is 20.8 Å². The van der Waals surface area contributed by atoms with Crippen LogP contribution in [0.3, 0.4) is 0 Å². The first-order valence-electron chi connectivity index (χ1n) is 7.80. The second-order valence-electron chi connectivity index (χ2n) is 5.55. The molecule has 7 nitrogen and oxygen atoms in total. The number of carbonyl (C=O) groups is 2. The van der Waals surface area contributed by atoms with E-state index in [0.717, 1.165) is 11.3 Å². The molecule has 0 atom stereocenters. The number of thiophene rings is 1. The molecule has 8 heteroatoms. The zero-order chi connectivity index (χ0) is 17.7. The lowest BCUT2D eigenvalue weighted by Crippen LogP contribution is -2.36. The number of nitrogens with two attached hydrogens (primary N) is 1. The van der Waals surface area contributed by atoms with Crippen LogP contribution in [0.1, 0.15) is 40.6 Å². The van der Waals surface area contributed by atoms with E-state index in [1.54, 1.807) is 6.92 Å². The van der Waals surface area contributed by atoms with E-state index >= 15 is 0 Å². The SMILES string of the molecule is CCOC(=O)c1sc(N)c(C#N)c1CN1CCC(C(=O)OC)CC1. The summed E-state index contributed by atoms with van der Waals surface area (Å²) < 4.78 is 9.84. The molecule has 0 saturated carbocycles. The first kappa shape index (κ1) is 18.2. The van der Waals surface area contributed by atoms with E-state index < -0.39 is 5.97 Å². The van der Waals surface area contributed by atoms with Crippen molar-refractivity contribution in [1.82, 2.24) is 4.90 Å². The number of esters is 2. The van der Waals surface area contributed by atoms with Gasteiger partial charge in [-0.25, -0.2) is 4.79 Å². The van der Waals surface area contributed by atoms with Gasteiger partial charge in [0, 0.05) is 12.1 Å². The highest BCUT2D eigenvalue weighted by Gasteiger charge is 2.29. The smallest absolute Gasteiger partial charge is 0.348 e. The molecule has 1 aliphatic heterocycles. The van der Waals surface area contributed by atoms with Crippen LogP contribution in [0.15, 0.2) is 0 Å². The molecule has 1 fully saturated rings. The summed E-state index contributed by atoms with van der Waals surface area (Å²) in [5.41, 5.74) is 6.85. The molecule has 1 aromatic heterocycles. The van der Waals surface area contributed by atoms with Crippen molar-refractivity contribution < 1.29 is 19.1 Å². The van der Waals surface area contributed by atoms with Gasteiger partial charge in [-0.3, -0.25) is 9.69 Å². The van der Waals surface area contributed by atoms with Gasteiger partial charge in [-0.2, -0.15) is 5.26 Å². The molecule has 0 aliphatic carbocycles. The molecule has 2 N–H and O–H groups in total. The van der Waals surface area contributed by atoms with Crippen LogP contribution in [0.5, 0.6) is 0 Å². The Bertz CT molecular complexity index is 657. The van der Waals surface area contributed by atoms with E-state index in [-0.39, 0.29) is 18.5 Å². The Morgan fingerprint density at radius 1 is 1.42 bits per heavy atom. The molecular formula is C16H21N3O4S. The second-order valence-corrected chi connectivity index (χ2v) is 6.61. The topological polar surface area (TPSA) is 106 Å².